The molecule has 5 nitrogen and oxygen atoms in total. The molecule has 0 fully saturated rings. The van der Waals surface area contributed by atoms with Crippen molar-refractivity contribution in [3.05, 3.63) is 95.3 Å². The van der Waals surface area contributed by atoms with Crippen LogP contribution in [0.2, 0.25) is 0 Å². The summed E-state index contributed by atoms with van der Waals surface area (Å²) in [5.41, 5.74) is 2.03. The number of halogens is 1. The monoisotopic (exact) mass is 392 g/mol. The molecule has 0 aromatic heterocycles. The number of nitrogens with one attached hydrogen (secondary N) is 2. The van der Waals surface area contributed by atoms with E-state index in [2.05, 4.69) is 10.1 Å². The average Bonchev–Trinajstić information content (AvgIpc) is 2.77. The van der Waals surface area contributed by atoms with Gasteiger partial charge in [-0.2, -0.15) is 0 Å². The molecule has 0 amide bonds. The highest BCUT2D eigenvalue weighted by molar-refractivity contribution is 6.14. The van der Waals surface area contributed by atoms with Crippen LogP contribution in [0, 0.1) is 11.2 Å². The molecule has 148 valence electrons. The number of benzene rings is 3. The molecule has 3 rings (SSSR count). The molecule has 0 saturated heterocycles. The Morgan fingerprint density at radius 3 is 2.41 bits per heavy atom. The first-order chi connectivity index (χ1) is 14.1. The van der Waals surface area contributed by atoms with Crippen LogP contribution in [-0.2, 0) is 16.1 Å². The van der Waals surface area contributed by atoms with Crippen LogP contribution in [0.5, 0.6) is 5.75 Å². The van der Waals surface area contributed by atoms with Crippen molar-refractivity contribution in [2.24, 2.45) is 0 Å². The Bertz CT molecular complexity index is 1010. The van der Waals surface area contributed by atoms with Gasteiger partial charge in [-0.25, -0.2) is 4.39 Å². The number of carbonyl (C=O) groups is 1. The van der Waals surface area contributed by atoms with E-state index in [-0.39, 0.29) is 30.2 Å². The molecule has 0 radical (unpaired) electrons. The number of para-hydroxylation sites is 1. The molecule has 0 spiro atoms. The second kappa shape index (κ2) is 9.50. The number of anilines is 1. The van der Waals surface area contributed by atoms with E-state index in [0.29, 0.717) is 11.3 Å². The van der Waals surface area contributed by atoms with Crippen molar-refractivity contribution in [1.82, 2.24) is 0 Å². The molecule has 0 saturated carbocycles. The number of rotatable bonds is 8. The largest absolute Gasteiger partial charge is 0.486 e. The Balaban J connectivity index is 1.82. The van der Waals surface area contributed by atoms with E-state index >= 15 is 4.39 Å². The van der Waals surface area contributed by atoms with E-state index in [4.69, 9.17) is 10.1 Å². The van der Waals surface area contributed by atoms with Crippen LogP contribution < -0.4 is 10.1 Å². The van der Waals surface area contributed by atoms with Crippen molar-refractivity contribution in [1.29, 1.82) is 5.41 Å². The summed E-state index contributed by atoms with van der Waals surface area (Å²) in [6, 6.07) is 21.1. The lowest BCUT2D eigenvalue weighted by molar-refractivity contribution is -0.138. The smallest absolute Gasteiger partial charge is 0.325 e. The minimum atomic E-state index is -0.601. The van der Waals surface area contributed by atoms with E-state index in [0.717, 1.165) is 5.56 Å². The van der Waals surface area contributed by atoms with E-state index in [1.54, 1.807) is 30.3 Å². The number of ether oxygens (including phenoxy) is 2. The number of carbonyl (C=O) groups excluding carboxylic acids is 1. The predicted molar refractivity (Wildman–Crippen MR) is 110 cm³/mol. The number of hydrogen-bond donors (Lipinski definition) is 2. The molecule has 29 heavy (non-hydrogen) atoms. The van der Waals surface area contributed by atoms with E-state index < -0.39 is 11.8 Å². The summed E-state index contributed by atoms with van der Waals surface area (Å²) in [4.78, 5) is 11.4. The Morgan fingerprint density at radius 2 is 1.66 bits per heavy atom. The first-order valence-electron chi connectivity index (χ1n) is 9.04. The van der Waals surface area contributed by atoms with Crippen LogP contribution in [0.4, 0.5) is 10.1 Å². The molecule has 3 aromatic rings. The molecule has 0 unspecified atom stereocenters. The van der Waals surface area contributed by atoms with Gasteiger partial charge in [-0.3, -0.25) is 10.2 Å². The summed E-state index contributed by atoms with van der Waals surface area (Å²) < 4.78 is 25.3. The number of methoxy groups -OCH3 is 1. The van der Waals surface area contributed by atoms with Gasteiger partial charge in [0.25, 0.3) is 0 Å². The third-order valence-electron chi connectivity index (χ3n) is 4.32. The van der Waals surface area contributed by atoms with Gasteiger partial charge in [-0.05, 0) is 23.8 Å². The molecule has 0 aliphatic rings. The van der Waals surface area contributed by atoms with Gasteiger partial charge in [0.1, 0.15) is 13.2 Å². The van der Waals surface area contributed by atoms with Gasteiger partial charge in [-0.15, -0.1) is 0 Å². The van der Waals surface area contributed by atoms with Gasteiger partial charge in [-0.1, -0.05) is 54.6 Å². The fraction of sp³-hybridized carbons (Fsp3) is 0.130. The molecule has 6 heteroatoms. The zero-order valence-electron chi connectivity index (χ0n) is 15.9. The van der Waals surface area contributed by atoms with E-state index in [9.17, 15) is 4.79 Å². The number of hydrogen-bond acceptors (Lipinski definition) is 5. The van der Waals surface area contributed by atoms with Crippen molar-refractivity contribution in [2.75, 3.05) is 19.0 Å². The molecule has 0 aliphatic heterocycles. The molecule has 0 aliphatic carbocycles. The normalized spacial score (nSPS) is 10.3. The molecular weight excluding hydrogens is 371 g/mol. The summed E-state index contributed by atoms with van der Waals surface area (Å²) in [5.74, 6) is -0.957. The average molecular weight is 392 g/mol. The van der Waals surface area contributed by atoms with Crippen LogP contribution in [-0.4, -0.2) is 25.3 Å². The summed E-state index contributed by atoms with van der Waals surface area (Å²) in [6.07, 6.45) is 0. The lowest BCUT2D eigenvalue weighted by Crippen LogP contribution is -2.17. The molecule has 2 N–H and O–H groups in total. The van der Waals surface area contributed by atoms with Crippen molar-refractivity contribution in [3.8, 4) is 5.75 Å². The van der Waals surface area contributed by atoms with Gasteiger partial charge >= 0.3 is 5.97 Å². The SMILES string of the molecule is COC(=O)CNc1ccccc1C(=N)c1cccc(OCc2ccccc2)c1F. The zero-order chi connectivity index (χ0) is 20.6. The van der Waals surface area contributed by atoms with Crippen molar-refractivity contribution in [2.45, 2.75) is 6.61 Å². The van der Waals surface area contributed by atoms with Crippen molar-refractivity contribution >= 4 is 17.4 Å². The minimum Gasteiger partial charge on any atom is -0.486 e. The maximum absolute atomic E-state index is 15.1. The Kier molecular flexibility index (Phi) is 6.58. The van der Waals surface area contributed by atoms with Gasteiger partial charge in [0, 0.05) is 16.8 Å². The van der Waals surface area contributed by atoms with Crippen molar-refractivity contribution < 1.29 is 18.7 Å². The van der Waals surface area contributed by atoms with Crippen LogP contribution >= 0.6 is 0 Å². The molecule has 0 heterocycles. The summed E-state index contributed by atoms with van der Waals surface area (Å²) in [5, 5.41) is 11.5. The second-order valence-electron chi connectivity index (χ2n) is 6.24. The molecule has 0 bridgehead atoms. The van der Waals surface area contributed by atoms with Gasteiger partial charge in [0.05, 0.1) is 12.8 Å². The Morgan fingerprint density at radius 1 is 0.966 bits per heavy atom. The maximum atomic E-state index is 15.1. The van der Waals surface area contributed by atoms with Crippen LogP contribution in [0.15, 0.2) is 72.8 Å². The highest BCUT2D eigenvalue weighted by Gasteiger charge is 2.17. The standard InChI is InChI=1S/C23H21FN2O3/c1-28-21(27)14-26-19-12-6-5-10-17(19)23(25)18-11-7-13-20(22(18)24)29-15-16-8-3-2-4-9-16/h2-13,25-26H,14-15H2,1H3. The third-order valence-corrected chi connectivity index (χ3v) is 4.32. The first kappa shape index (κ1) is 20.1. The van der Waals surface area contributed by atoms with Crippen LogP contribution in [0.25, 0.3) is 0 Å². The minimum absolute atomic E-state index is 0.0133. The van der Waals surface area contributed by atoms with Crippen LogP contribution in [0.1, 0.15) is 16.7 Å². The fourth-order valence-corrected chi connectivity index (χ4v) is 2.79. The lowest BCUT2D eigenvalue weighted by Gasteiger charge is -2.14. The molecular formula is C23H21FN2O3. The van der Waals surface area contributed by atoms with Gasteiger partial charge in [0.2, 0.25) is 0 Å². The topological polar surface area (TPSA) is 71.4 Å². The lowest BCUT2D eigenvalue weighted by atomic mass is 10.00. The summed E-state index contributed by atoms with van der Waals surface area (Å²) in [6.45, 7) is 0.176. The Labute approximate surface area is 168 Å². The summed E-state index contributed by atoms with van der Waals surface area (Å²) >= 11 is 0. The fourth-order valence-electron chi connectivity index (χ4n) is 2.79. The quantitative estimate of drug-likeness (QED) is 0.440. The number of esters is 1. The molecule has 3 aromatic carbocycles. The highest BCUT2D eigenvalue weighted by Crippen LogP contribution is 2.26. The summed E-state index contributed by atoms with van der Waals surface area (Å²) in [7, 11) is 1.30. The Hall–Kier alpha value is -3.67. The predicted octanol–water partition coefficient (Wildman–Crippen LogP) is 4.41. The van der Waals surface area contributed by atoms with Gasteiger partial charge < -0.3 is 14.8 Å². The third kappa shape index (κ3) is 4.99. The zero-order valence-corrected chi connectivity index (χ0v) is 15.9. The highest BCUT2D eigenvalue weighted by atomic mass is 19.1. The van der Waals surface area contributed by atoms with Crippen LogP contribution in [0.3, 0.4) is 0 Å². The maximum Gasteiger partial charge on any atom is 0.325 e. The van der Waals surface area contributed by atoms with Gasteiger partial charge in [0.15, 0.2) is 11.6 Å². The van der Waals surface area contributed by atoms with Crippen molar-refractivity contribution in [3.63, 3.8) is 0 Å². The van der Waals surface area contributed by atoms with E-state index in [1.807, 2.05) is 30.3 Å². The first-order valence-corrected chi connectivity index (χ1v) is 9.04. The van der Waals surface area contributed by atoms with E-state index in [1.165, 1.54) is 19.2 Å². The second-order valence-corrected chi connectivity index (χ2v) is 6.24. The molecule has 0 atom stereocenters.